The smallest absolute Gasteiger partial charge is 0.109 e. The lowest BCUT2D eigenvalue weighted by atomic mass is 10.2. The van der Waals surface area contributed by atoms with Crippen LogP contribution in [0.4, 0.5) is 0 Å². The average Bonchev–Trinajstić information content (AvgIpc) is 2.36. The molecule has 1 aromatic heterocycles. The van der Waals surface area contributed by atoms with E-state index in [1.807, 2.05) is 0 Å². The van der Waals surface area contributed by atoms with E-state index < -0.39 is 6.10 Å². The molecule has 1 aromatic rings. The van der Waals surface area contributed by atoms with Crippen molar-refractivity contribution in [3.05, 3.63) is 16.4 Å². The Bertz CT molecular complexity index is 225. The third-order valence-electron chi connectivity index (χ3n) is 1.35. The van der Waals surface area contributed by atoms with Crippen molar-refractivity contribution in [3.63, 3.8) is 0 Å². The van der Waals surface area contributed by atoms with Gasteiger partial charge in [-0.25, -0.2) is 0 Å². The monoisotopic (exact) mass is 219 g/mol. The maximum atomic E-state index is 9.43. The number of aromatic amines is 1. The largest absolute Gasteiger partial charge is 0.385 e. The summed E-state index contributed by atoms with van der Waals surface area (Å²) in [6, 6.07) is 0. The molecule has 1 heterocycles. The van der Waals surface area contributed by atoms with E-state index in [0.717, 1.165) is 4.47 Å². The van der Waals surface area contributed by atoms with E-state index in [9.17, 15) is 5.11 Å². The van der Waals surface area contributed by atoms with Crippen molar-refractivity contribution in [1.82, 2.24) is 15.5 Å². The fourth-order valence-corrected chi connectivity index (χ4v) is 1.27. The van der Waals surface area contributed by atoms with Crippen molar-refractivity contribution < 1.29 is 5.11 Å². The molecule has 4 nitrogen and oxygen atoms in total. The van der Waals surface area contributed by atoms with Crippen LogP contribution in [0, 0.1) is 0 Å². The van der Waals surface area contributed by atoms with Crippen LogP contribution < -0.4 is 5.32 Å². The van der Waals surface area contributed by atoms with Crippen molar-refractivity contribution in [1.29, 1.82) is 0 Å². The zero-order valence-electron chi connectivity index (χ0n) is 6.13. The molecule has 0 amide bonds. The lowest BCUT2D eigenvalue weighted by Gasteiger charge is -2.06. The molecule has 5 heteroatoms. The molecule has 1 rings (SSSR count). The van der Waals surface area contributed by atoms with Gasteiger partial charge in [0.1, 0.15) is 6.10 Å². The van der Waals surface area contributed by atoms with Gasteiger partial charge in [0, 0.05) is 6.54 Å². The number of hydrogen-bond donors (Lipinski definition) is 3. The van der Waals surface area contributed by atoms with E-state index in [1.54, 1.807) is 13.2 Å². The van der Waals surface area contributed by atoms with Gasteiger partial charge in [-0.05, 0) is 23.0 Å². The van der Waals surface area contributed by atoms with Gasteiger partial charge < -0.3 is 10.4 Å². The summed E-state index contributed by atoms with van der Waals surface area (Å²) in [5, 5.41) is 18.8. The van der Waals surface area contributed by atoms with Crippen LogP contribution in [0.2, 0.25) is 0 Å². The molecule has 1 unspecified atom stereocenters. The molecule has 0 saturated heterocycles. The first-order valence-electron chi connectivity index (χ1n) is 3.27. The Balaban J connectivity index is 2.67. The highest BCUT2D eigenvalue weighted by Gasteiger charge is 2.11. The third kappa shape index (κ3) is 2.02. The van der Waals surface area contributed by atoms with Gasteiger partial charge in [-0.1, -0.05) is 0 Å². The summed E-state index contributed by atoms with van der Waals surface area (Å²) >= 11 is 3.26. The fourth-order valence-electron chi connectivity index (χ4n) is 0.811. The number of nitrogens with zero attached hydrogens (tertiary/aromatic N) is 1. The van der Waals surface area contributed by atoms with E-state index in [4.69, 9.17) is 0 Å². The van der Waals surface area contributed by atoms with Crippen molar-refractivity contribution >= 4 is 15.9 Å². The molecule has 1 atom stereocenters. The number of nitrogens with one attached hydrogen (secondary N) is 2. The number of aliphatic hydroxyl groups excluding tert-OH is 1. The minimum atomic E-state index is -0.531. The van der Waals surface area contributed by atoms with Crippen LogP contribution in [0.1, 0.15) is 11.8 Å². The van der Waals surface area contributed by atoms with Crippen LogP contribution in [0.3, 0.4) is 0 Å². The predicted molar refractivity (Wildman–Crippen MR) is 45.2 cm³/mol. The summed E-state index contributed by atoms with van der Waals surface area (Å²) < 4.78 is 0.806. The van der Waals surface area contributed by atoms with E-state index >= 15 is 0 Å². The number of rotatable bonds is 3. The number of H-pyrrole nitrogens is 1. The lowest BCUT2D eigenvalue weighted by molar-refractivity contribution is 0.172. The topological polar surface area (TPSA) is 60.9 Å². The van der Waals surface area contributed by atoms with Gasteiger partial charge in [0.2, 0.25) is 0 Å². The standard InChI is InChI=1S/C6H10BrN3O/c1-8-3-5(11)6-4(7)2-9-10-6/h2,5,8,11H,3H2,1H3,(H,9,10). The first-order chi connectivity index (χ1) is 5.25. The second-order valence-corrected chi connectivity index (χ2v) is 3.06. The van der Waals surface area contributed by atoms with Crippen LogP contribution in [-0.2, 0) is 0 Å². The van der Waals surface area contributed by atoms with Crippen LogP contribution in [-0.4, -0.2) is 28.9 Å². The molecule has 0 bridgehead atoms. The third-order valence-corrected chi connectivity index (χ3v) is 1.98. The fraction of sp³-hybridized carbons (Fsp3) is 0.500. The van der Waals surface area contributed by atoms with Gasteiger partial charge in [-0.2, -0.15) is 5.10 Å². The quantitative estimate of drug-likeness (QED) is 0.692. The molecule has 0 saturated carbocycles. The summed E-state index contributed by atoms with van der Waals surface area (Å²) in [6.45, 7) is 0.515. The van der Waals surface area contributed by atoms with Crippen molar-refractivity contribution in [2.75, 3.05) is 13.6 Å². The first kappa shape index (κ1) is 8.70. The molecule has 0 aliphatic heterocycles. The van der Waals surface area contributed by atoms with Gasteiger partial charge >= 0.3 is 0 Å². The Kier molecular flexibility index (Phi) is 3.04. The zero-order chi connectivity index (χ0) is 8.27. The van der Waals surface area contributed by atoms with Crippen molar-refractivity contribution in [2.45, 2.75) is 6.10 Å². The van der Waals surface area contributed by atoms with Gasteiger partial charge in [0.15, 0.2) is 0 Å². The number of likely N-dealkylation sites (N-methyl/N-ethyl adjacent to an activating group) is 1. The Morgan fingerprint density at radius 2 is 2.64 bits per heavy atom. The normalized spacial score (nSPS) is 13.4. The van der Waals surface area contributed by atoms with Crippen molar-refractivity contribution in [3.8, 4) is 0 Å². The Morgan fingerprint density at radius 3 is 3.09 bits per heavy atom. The number of halogens is 1. The minimum Gasteiger partial charge on any atom is -0.385 e. The summed E-state index contributed by atoms with van der Waals surface area (Å²) in [4.78, 5) is 0. The van der Waals surface area contributed by atoms with Crippen LogP contribution in [0.5, 0.6) is 0 Å². The minimum absolute atomic E-state index is 0.515. The second-order valence-electron chi connectivity index (χ2n) is 2.21. The Morgan fingerprint density at radius 1 is 1.91 bits per heavy atom. The van der Waals surface area contributed by atoms with Crippen LogP contribution in [0.15, 0.2) is 10.7 Å². The van der Waals surface area contributed by atoms with Gasteiger partial charge in [0.05, 0.1) is 16.4 Å². The second kappa shape index (κ2) is 3.85. The average molecular weight is 220 g/mol. The van der Waals surface area contributed by atoms with Crippen LogP contribution >= 0.6 is 15.9 Å². The number of aliphatic hydroxyl groups is 1. The molecule has 3 N–H and O–H groups in total. The first-order valence-corrected chi connectivity index (χ1v) is 4.06. The van der Waals surface area contributed by atoms with Crippen LogP contribution in [0.25, 0.3) is 0 Å². The maximum Gasteiger partial charge on any atom is 0.109 e. The molecule has 0 radical (unpaired) electrons. The molecule has 0 fully saturated rings. The molecule has 0 spiro atoms. The molecule has 0 aromatic carbocycles. The number of hydrogen-bond acceptors (Lipinski definition) is 3. The SMILES string of the molecule is CNCC(O)c1[nH]ncc1Br. The van der Waals surface area contributed by atoms with Gasteiger partial charge in [-0.15, -0.1) is 0 Å². The zero-order valence-corrected chi connectivity index (χ0v) is 7.72. The highest BCUT2D eigenvalue weighted by Crippen LogP contribution is 2.19. The highest BCUT2D eigenvalue weighted by molar-refractivity contribution is 9.10. The Labute approximate surface area is 73.1 Å². The molecule has 0 aliphatic rings. The molecule has 0 aliphatic carbocycles. The predicted octanol–water partition coefficient (Wildman–Crippen LogP) is 0.425. The molecule has 62 valence electrons. The van der Waals surface area contributed by atoms with E-state index in [0.29, 0.717) is 12.2 Å². The van der Waals surface area contributed by atoms with E-state index in [-0.39, 0.29) is 0 Å². The summed E-state index contributed by atoms with van der Waals surface area (Å²) in [6.07, 6.45) is 1.09. The van der Waals surface area contributed by atoms with Gasteiger partial charge in [-0.3, -0.25) is 5.10 Å². The maximum absolute atomic E-state index is 9.43. The molecular formula is C6H10BrN3O. The molecule has 11 heavy (non-hydrogen) atoms. The lowest BCUT2D eigenvalue weighted by Crippen LogP contribution is -2.17. The summed E-state index contributed by atoms with van der Waals surface area (Å²) in [5.41, 5.74) is 0.708. The van der Waals surface area contributed by atoms with E-state index in [2.05, 4.69) is 31.4 Å². The van der Waals surface area contributed by atoms with Gasteiger partial charge in [0.25, 0.3) is 0 Å². The summed E-state index contributed by atoms with van der Waals surface area (Å²) in [5.74, 6) is 0. The summed E-state index contributed by atoms with van der Waals surface area (Å²) in [7, 11) is 1.79. The molecular weight excluding hydrogens is 210 g/mol. The number of aromatic nitrogens is 2. The van der Waals surface area contributed by atoms with Crippen molar-refractivity contribution in [2.24, 2.45) is 0 Å². The highest BCUT2D eigenvalue weighted by atomic mass is 79.9. The van der Waals surface area contributed by atoms with E-state index in [1.165, 1.54) is 0 Å². The Hall–Kier alpha value is -0.390.